The topological polar surface area (TPSA) is 80.0 Å². The fourth-order valence-electron chi connectivity index (χ4n) is 2.68. The minimum atomic E-state index is 0.537. The summed E-state index contributed by atoms with van der Waals surface area (Å²) in [5, 5.41) is 3.27. The van der Waals surface area contributed by atoms with Crippen LogP contribution in [0.25, 0.3) is 0 Å². The summed E-state index contributed by atoms with van der Waals surface area (Å²) in [6.45, 7) is 5.51. The van der Waals surface area contributed by atoms with E-state index in [0.717, 1.165) is 17.8 Å². The maximum absolute atomic E-state index is 6.35. The molecular formula is C19H22N6. The quantitative estimate of drug-likeness (QED) is 0.718. The SMILES string of the molecule is CCN(c1cccc(C)c1)c1ncnc(NCc2cccnc2)c1N. The van der Waals surface area contributed by atoms with Crippen molar-refractivity contribution in [3.63, 3.8) is 0 Å². The van der Waals surface area contributed by atoms with Gasteiger partial charge in [0.2, 0.25) is 0 Å². The van der Waals surface area contributed by atoms with Gasteiger partial charge >= 0.3 is 0 Å². The minimum absolute atomic E-state index is 0.537. The average molecular weight is 334 g/mol. The Morgan fingerprint density at radius 1 is 1.16 bits per heavy atom. The van der Waals surface area contributed by atoms with Crippen LogP contribution in [-0.4, -0.2) is 21.5 Å². The predicted octanol–water partition coefficient (Wildman–Crippen LogP) is 3.53. The zero-order valence-electron chi connectivity index (χ0n) is 14.5. The Kier molecular flexibility index (Phi) is 5.09. The van der Waals surface area contributed by atoms with Crippen LogP contribution in [0.1, 0.15) is 18.1 Å². The highest BCUT2D eigenvalue weighted by molar-refractivity contribution is 5.79. The molecule has 0 unspecified atom stereocenters. The van der Waals surface area contributed by atoms with Gasteiger partial charge in [-0.05, 0) is 43.2 Å². The number of hydrogen-bond acceptors (Lipinski definition) is 6. The number of nitrogens with one attached hydrogen (secondary N) is 1. The number of aryl methyl sites for hydroxylation is 1. The molecule has 6 heteroatoms. The summed E-state index contributed by atoms with van der Waals surface area (Å²) in [7, 11) is 0. The molecular weight excluding hydrogens is 312 g/mol. The molecule has 0 saturated carbocycles. The van der Waals surface area contributed by atoms with E-state index in [1.807, 2.05) is 24.4 Å². The van der Waals surface area contributed by atoms with Gasteiger partial charge in [0.1, 0.15) is 12.0 Å². The van der Waals surface area contributed by atoms with Crippen LogP contribution in [0.15, 0.2) is 55.1 Å². The lowest BCUT2D eigenvalue weighted by molar-refractivity contribution is 0.973. The first-order chi connectivity index (χ1) is 12.2. The van der Waals surface area contributed by atoms with Crippen molar-refractivity contribution in [2.75, 3.05) is 22.5 Å². The number of hydrogen-bond donors (Lipinski definition) is 2. The van der Waals surface area contributed by atoms with E-state index in [1.54, 1.807) is 6.20 Å². The summed E-state index contributed by atoms with van der Waals surface area (Å²) < 4.78 is 0. The number of nitrogen functional groups attached to an aromatic ring is 1. The van der Waals surface area contributed by atoms with Gasteiger partial charge in [-0.25, -0.2) is 9.97 Å². The van der Waals surface area contributed by atoms with Crippen LogP contribution in [0, 0.1) is 6.92 Å². The third kappa shape index (κ3) is 3.85. The second-order valence-corrected chi connectivity index (χ2v) is 5.76. The molecule has 2 aromatic heterocycles. The Morgan fingerprint density at radius 3 is 2.76 bits per heavy atom. The van der Waals surface area contributed by atoms with Crippen molar-refractivity contribution in [1.82, 2.24) is 15.0 Å². The minimum Gasteiger partial charge on any atom is -0.393 e. The fraction of sp³-hybridized carbons (Fsp3) is 0.211. The van der Waals surface area contributed by atoms with Gasteiger partial charge in [0, 0.05) is 31.2 Å². The Balaban J connectivity index is 1.86. The maximum atomic E-state index is 6.35. The molecule has 0 saturated heterocycles. The van der Waals surface area contributed by atoms with Gasteiger partial charge in [0.05, 0.1) is 0 Å². The molecule has 0 aliphatic heterocycles. The van der Waals surface area contributed by atoms with E-state index >= 15 is 0 Å². The standard InChI is InChI=1S/C19H22N6/c1-3-25(16-8-4-6-14(2)10-16)19-17(20)18(23-13-24-19)22-12-15-7-5-9-21-11-15/h4-11,13H,3,12,20H2,1-2H3,(H,22,23,24). The fourth-order valence-corrected chi connectivity index (χ4v) is 2.68. The molecule has 0 aliphatic carbocycles. The van der Waals surface area contributed by atoms with E-state index in [1.165, 1.54) is 11.9 Å². The molecule has 6 nitrogen and oxygen atoms in total. The van der Waals surface area contributed by atoms with Gasteiger partial charge in [-0.3, -0.25) is 4.98 Å². The van der Waals surface area contributed by atoms with Gasteiger partial charge < -0.3 is 16.0 Å². The number of nitrogens with two attached hydrogens (primary N) is 1. The van der Waals surface area contributed by atoms with Crippen molar-refractivity contribution in [2.24, 2.45) is 0 Å². The summed E-state index contributed by atoms with van der Waals surface area (Å²) in [5.74, 6) is 1.33. The lowest BCUT2D eigenvalue weighted by atomic mass is 10.2. The normalized spacial score (nSPS) is 10.5. The number of aromatic nitrogens is 3. The molecule has 3 N–H and O–H groups in total. The second-order valence-electron chi connectivity index (χ2n) is 5.76. The Hall–Kier alpha value is -3.15. The molecule has 0 aliphatic rings. The second kappa shape index (κ2) is 7.61. The molecule has 25 heavy (non-hydrogen) atoms. The van der Waals surface area contributed by atoms with Crippen molar-refractivity contribution in [1.29, 1.82) is 0 Å². The maximum Gasteiger partial charge on any atom is 0.161 e. The number of nitrogens with zero attached hydrogens (tertiary/aromatic N) is 4. The third-order valence-electron chi connectivity index (χ3n) is 3.93. The Morgan fingerprint density at radius 2 is 2.04 bits per heavy atom. The van der Waals surface area contributed by atoms with Crippen molar-refractivity contribution in [3.8, 4) is 0 Å². The van der Waals surface area contributed by atoms with E-state index in [9.17, 15) is 0 Å². The van der Waals surface area contributed by atoms with E-state index in [2.05, 4.69) is 57.2 Å². The first-order valence-corrected chi connectivity index (χ1v) is 8.26. The summed E-state index contributed by atoms with van der Waals surface area (Å²) >= 11 is 0. The molecule has 1 aromatic carbocycles. The Bertz CT molecular complexity index is 834. The molecule has 0 atom stereocenters. The van der Waals surface area contributed by atoms with Crippen LogP contribution in [0.2, 0.25) is 0 Å². The van der Waals surface area contributed by atoms with E-state index in [-0.39, 0.29) is 0 Å². The monoisotopic (exact) mass is 334 g/mol. The highest BCUT2D eigenvalue weighted by Gasteiger charge is 2.15. The summed E-state index contributed by atoms with van der Waals surface area (Å²) in [6.07, 6.45) is 5.10. The number of pyridine rings is 1. The summed E-state index contributed by atoms with van der Waals surface area (Å²) in [5.41, 5.74) is 10.2. The van der Waals surface area contributed by atoms with Crippen LogP contribution in [-0.2, 0) is 6.54 Å². The van der Waals surface area contributed by atoms with Crippen LogP contribution in [0.3, 0.4) is 0 Å². The average Bonchev–Trinajstić information content (AvgIpc) is 2.64. The molecule has 0 radical (unpaired) electrons. The zero-order chi connectivity index (χ0) is 17.6. The lowest BCUT2D eigenvalue weighted by Gasteiger charge is -2.24. The van der Waals surface area contributed by atoms with Crippen molar-refractivity contribution < 1.29 is 0 Å². The van der Waals surface area contributed by atoms with E-state index in [0.29, 0.717) is 23.9 Å². The van der Waals surface area contributed by atoms with Gasteiger partial charge in [-0.15, -0.1) is 0 Å². The highest BCUT2D eigenvalue weighted by Crippen LogP contribution is 2.32. The number of rotatable bonds is 6. The first kappa shape index (κ1) is 16.7. The molecule has 3 rings (SSSR count). The molecule has 0 spiro atoms. The summed E-state index contributed by atoms with van der Waals surface area (Å²) in [6, 6.07) is 12.2. The largest absolute Gasteiger partial charge is 0.393 e. The van der Waals surface area contributed by atoms with Crippen LogP contribution in [0.5, 0.6) is 0 Å². The van der Waals surface area contributed by atoms with Crippen molar-refractivity contribution in [3.05, 3.63) is 66.2 Å². The molecule has 0 bridgehead atoms. The van der Waals surface area contributed by atoms with Crippen LogP contribution < -0.4 is 16.0 Å². The predicted molar refractivity (Wildman–Crippen MR) is 102 cm³/mol. The van der Waals surface area contributed by atoms with E-state index in [4.69, 9.17) is 5.73 Å². The first-order valence-electron chi connectivity index (χ1n) is 8.26. The number of benzene rings is 1. The smallest absolute Gasteiger partial charge is 0.161 e. The number of anilines is 4. The Labute approximate surface area is 147 Å². The van der Waals surface area contributed by atoms with Crippen LogP contribution >= 0.6 is 0 Å². The van der Waals surface area contributed by atoms with E-state index < -0.39 is 0 Å². The van der Waals surface area contributed by atoms with Gasteiger partial charge in [0.25, 0.3) is 0 Å². The molecule has 0 fully saturated rings. The molecule has 128 valence electrons. The van der Waals surface area contributed by atoms with Gasteiger partial charge in [0.15, 0.2) is 11.6 Å². The van der Waals surface area contributed by atoms with Gasteiger partial charge in [-0.1, -0.05) is 18.2 Å². The highest BCUT2D eigenvalue weighted by atomic mass is 15.2. The van der Waals surface area contributed by atoms with Crippen LogP contribution in [0.4, 0.5) is 23.0 Å². The zero-order valence-corrected chi connectivity index (χ0v) is 14.5. The lowest BCUT2D eigenvalue weighted by Crippen LogP contribution is -2.20. The van der Waals surface area contributed by atoms with Gasteiger partial charge in [-0.2, -0.15) is 0 Å². The summed E-state index contributed by atoms with van der Waals surface area (Å²) in [4.78, 5) is 14.9. The third-order valence-corrected chi connectivity index (χ3v) is 3.93. The molecule has 3 aromatic rings. The molecule has 0 amide bonds. The van der Waals surface area contributed by atoms with Crippen molar-refractivity contribution >= 4 is 23.0 Å². The molecule has 2 heterocycles. The van der Waals surface area contributed by atoms with Crippen molar-refractivity contribution in [2.45, 2.75) is 20.4 Å².